The van der Waals surface area contributed by atoms with Crippen LogP contribution in [0, 0.1) is 23.3 Å². The SMILES string of the molecule is Fc1cc(F)c(F)c(-c2nc3ccccc3s2)c1F. The Kier molecular flexibility index (Phi) is 2.74. The molecule has 0 N–H and O–H groups in total. The molecular formula is C13H5F4NS. The van der Waals surface area contributed by atoms with E-state index >= 15 is 0 Å². The third-order valence-corrected chi connectivity index (χ3v) is 3.67. The molecule has 96 valence electrons. The molecule has 0 bridgehead atoms. The molecule has 0 amide bonds. The van der Waals surface area contributed by atoms with E-state index in [0.29, 0.717) is 10.2 Å². The zero-order valence-corrected chi connectivity index (χ0v) is 10.1. The lowest BCUT2D eigenvalue weighted by atomic mass is 10.2. The summed E-state index contributed by atoms with van der Waals surface area (Å²) in [4.78, 5) is 3.99. The lowest BCUT2D eigenvalue weighted by Crippen LogP contribution is -1.98. The van der Waals surface area contributed by atoms with Gasteiger partial charge in [0.05, 0.1) is 15.8 Å². The van der Waals surface area contributed by atoms with Crippen molar-refractivity contribution >= 4 is 21.6 Å². The molecule has 2 aromatic carbocycles. The average Bonchev–Trinajstić information content (AvgIpc) is 2.80. The van der Waals surface area contributed by atoms with Crippen molar-refractivity contribution in [3.8, 4) is 10.6 Å². The summed E-state index contributed by atoms with van der Waals surface area (Å²) in [6, 6.07) is 7.00. The molecule has 0 aliphatic rings. The van der Waals surface area contributed by atoms with Gasteiger partial charge >= 0.3 is 0 Å². The van der Waals surface area contributed by atoms with Gasteiger partial charge in [0, 0.05) is 6.07 Å². The molecule has 0 saturated heterocycles. The fourth-order valence-corrected chi connectivity index (χ4v) is 2.74. The molecule has 0 aliphatic heterocycles. The molecule has 0 unspecified atom stereocenters. The molecule has 6 heteroatoms. The van der Waals surface area contributed by atoms with Crippen LogP contribution in [0.2, 0.25) is 0 Å². The number of hydrogen-bond acceptors (Lipinski definition) is 2. The van der Waals surface area contributed by atoms with E-state index < -0.39 is 28.8 Å². The van der Waals surface area contributed by atoms with Gasteiger partial charge in [0.2, 0.25) is 0 Å². The van der Waals surface area contributed by atoms with E-state index in [1.165, 1.54) is 0 Å². The minimum absolute atomic E-state index is 0.0883. The van der Waals surface area contributed by atoms with Crippen molar-refractivity contribution in [2.24, 2.45) is 0 Å². The molecule has 3 rings (SSSR count). The normalized spacial score (nSPS) is 11.2. The number of thiazole rings is 1. The first kappa shape index (κ1) is 12.1. The van der Waals surface area contributed by atoms with Gasteiger partial charge in [0.15, 0.2) is 23.3 Å². The highest BCUT2D eigenvalue weighted by Crippen LogP contribution is 2.34. The van der Waals surface area contributed by atoms with Gasteiger partial charge in [-0.15, -0.1) is 11.3 Å². The molecule has 1 aromatic heterocycles. The maximum atomic E-state index is 13.6. The summed E-state index contributed by atoms with van der Waals surface area (Å²) in [6.07, 6.45) is 0. The minimum Gasteiger partial charge on any atom is -0.236 e. The summed E-state index contributed by atoms with van der Waals surface area (Å²) in [6.45, 7) is 0. The Hall–Kier alpha value is -1.95. The molecule has 0 fully saturated rings. The highest BCUT2D eigenvalue weighted by Gasteiger charge is 2.23. The fraction of sp³-hybridized carbons (Fsp3) is 0. The molecule has 3 aromatic rings. The van der Waals surface area contributed by atoms with Crippen molar-refractivity contribution in [3.63, 3.8) is 0 Å². The van der Waals surface area contributed by atoms with Crippen molar-refractivity contribution < 1.29 is 17.6 Å². The monoisotopic (exact) mass is 283 g/mol. The smallest absolute Gasteiger partial charge is 0.172 e. The summed E-state index contributed by atoms with van der Waals surface area (Å²) in [7, 11) is 0. The standard InChI is InChI=1S/C13H5F4NS/c14-6-5-7(15)12(17)10(11(6)16)13-18-8-3-1-2-4-9(8)19-13/h1-5H. The predicted molar refractivity (Wildman–Crippen MR) is 64.9 cm³/mol. The second-order valence-electron chi connectivity index (χ2n) is 3.83. The van der Waals surface area contributed by atoms with Gasteiger partial charge in [-0.05, 0) is 12.1 Å². The molecule has 0 saturated carbocycles. The first-order chi connectivity index (χ1) is 9.08. The van der Waals surface area contributed by atoms with Crippen LogP contribution in [-0.4, -0.2) is 4.98 Å². The third kappa shape index (κ3) is 1.88. The van der Waals surface area contributed by atoms with Crippen molar-refractivity contribution in [2.45, 2.75) is 0 Å². The molecule has 19 heavy (non-hydrogen) atoms. The topological polar surface area (TPSA) is 12.9 Å². The maximum Gasteiger partial charge on any atom is 0.172 e. The molecule has 1 nitrogen and oxygen atoms in total. The van der Waals surface area contributed by atoms with Crippen molar-refractivity contribution in [1.82, 2.24) is 4.98 Å². The highest BCUT2D eigenvalue weighted by atomic mass is 32.1. The Morgan fingerprint density at radius 2 is 1.53 bits per heavy atom. The van der Waals surface area contributed by atoms with Gasteiger partial charge in [0.25, 0.3) is 0 Å². The Morgan fingerprint density at radius 1 is 0.895 bits per heavy atom. The van der Waals surface area contributed by atoms with Gasteiger partial charge in [-0.1, -0.05) is 12.1 Å². The van der Waals surface area contributed by atoms with Crippen molar-refractivity contribution in [3.05, 3.63) is 53.6 Å². The van der Waals surface area contributed by atoms with Crippen molar-refractivity contribution in [2.75, 3.05) is 0 Å². The van der Waals surface area contributed by atoms with Gasteiger partial charge < -0.3 is 0 Å². The van der Waals surface area contributed by atoms with Gasteiger partial charge in [-0.25, -0.2) is 22.5 Å². The zero-order chi connectivity index (χ0) is 13.6. The maximum absolute atomic E-state index is 13.6. The summed E-state index contributed by atoms with van der Waals surface area (Å²) >= 11 is 0.972. The van der Waals surface area contributed by atoms with Crippen LogP contribution in [-0.2, 0) is 0 Å². The third-order valence-electron chi connectivity index (χ3n) is 2.62. The van der Waals surface area contributed by atoms with Gasteiger partial charge in [0.1, 0.15) is 5.01 Å². The second-order valence-corrected chi connectivity index (χ2v) is 4.86. The summed E-state index contributed by atoms with van der Waals surface area (Å²) in [5, 5.41) is -0.0883. The lowest BCUT2D eigenvalue weighted by molar-refractivity contribution is 0.458. The number of aromatic nitrogens is 1. The highest BCUT2D eigenvalue weighted by molar-refractivity contribution is 7.21. The predicted octanol–water partition coefficient (Wildman–Crippen LogP) is 4.52. The minimum atomic E-state index is -1.44. The van der Waals surface area contributed by atoms with Crippen LogP contribution >= 0.6 is 11.3 Å². The Bertz CT molecular complexity index is 722. The van der Waals surface area contributed by atoms with E-state index in [1.807, 2.05) is 0 Å². The number of benzene rings is 2. The van der Waals surface area contributed by atoms with Crippen molar-refractivity contribution in [1.29, 1.82) is 0 Å². The average molecular weight is 283 g/mol. The Labute approximate surface area is 109 Å². The molecule has 0 atom stereocenters. The molecule has 0 aliphatic carbocycles. The van der Waals surface area contributed by atoms with Crippen LogP contribution in [0.4, 0.5) is 17.6 Å². The number of fused-ring (bicyclic) bond motifs is 1. The first-order valence-electron chi connectivity index (χ1n) is 5.27. The zero-order valence-electron chi connectivity index (χ0n) is 9.25. The second kappa shape index (κ2) is 4.31. The van der Waals surface area contributed by atoms with E-state index in [0.717, 1.165) is 11.3 Å². The first-order valence-corrected chi connectivity index (χ1v) is 6.08. The summed E-state index contributed by atoms with van der Waals surface area (Å²) in [5.41, 5.74) is -0.246. The lowest BCUT2D eigenvalue weighted by Gasteiger charge is -2.03. The number of nitrogens with zero attached hydrogens (tertiary/aromatic N) is 1. The van der Waals surface area contributed by atoms with E-state index in [2.05, 4.69) is 4.98 Å². The van der Waals surface area contributed by atoms with Gasteiger partial charge in [-0.3, -0.25) is 0 Å². The van der Waals surface area contributed by atoms with Crippen LogP contribution < -0.4 is 0 Å². The largest absolute Gasteiger partial charge is 0.236 e. The number of hydrogen-bond donors (Lipinski definition) is 0. The Morgan fingerprint density at radius 3 is 2.16 bits per heavy atom. The van der Waals surface area contributed by atoms with Crippen LogP contribution in [0.15, 0.2) is 30.3 Å². The number of rotatable bonds is 1. The van der Waals surface area contributed by atoms with E-state index in [4.69, 9.17) is 0 Å². The summed E-state index contributed by atoms with van der Waals surface area (Å²) < 4.78 is 54.3. The van der Waals surface area contributed by atoms with Crippen LogP contribution in [0.1, 0.15) is 0 Å². The Balaban J connectivity index is 2.32. The molecule has 0 spiro atoms. The van der Waals surface area contributed by atoms with E-state index in [1.54, 1.807) is 24.3 Å². The van der Waals surface area contributed by atoms with E-state index in [9.17, 15) is 17.6 Å². The number of halogens is 4. The molecular weight excluding hydrogens is 278 g/mol. The van der Waals surface area contributed by atoms with E-state index in [-0.39, 0.29) is 11.1 Å². The van der Waals surface area contributed by atoms with Crippen LogP contribution in [0.3, 0.4) is 0 Å². The number of para-hydroxylation sites is 1. The molecule has 1 heterocycles. The quantitative estimate of drug-likeness (QED) is 0.472. The van der Waals surface area contributed by atoms with Crippen LogP contribution in [0.25, 0.3) is 20.8 Å². The van der Waals surface area contributed by atoms with Crippen LogP contribution in [0.5, 0.6) is 0 Å². The molecule has 0 radical (unpaired) electrons. The fourth-order valence-electron chi connectivity index (χ4n) is 1.74. The van der Waals surface area contributed by atoms with Gasteiger partial charge in [-0.2, -0.15) is 0 Å². The summed E-state index contributed by atoms with van der Waals surface area (Å²) in [5.74, 6) is -5.74.